The summed E-state index contributed by atoms with van der Waals surface area (Å²) in [6.07, 6.45) is -4.78. The van der Waals surface area contributed by atoms with Crippen molar-refractivity contribution in [3.05, 3.63) is 28.8 Å². The van der Waals surface area contributed by atoms with Gasteiger partial charge in [-0.15, -0.1) is 11.8 Å². The van der Waals surface area contributed by atoms with E-state index >= 15 is 0 Å². The van der Waals surface area contributed by atoms with Crippen LogP contribution in [0.4, 0.5) is 13.2 Å². The van der Waals surface area contributed by atoms with Crippen LogP contribution in [0.15, 0.2) is 23.1 Å². The van der Waals surface area contributed by atoms with E-state index in [1.54, 1.807) is 20.9 Å². The van der Waals surface area contributed by atoms with Crippen molar-refractivity contribution in [3.63, 3.8) is 0 Å². The number of carbonyl (C=O) groups excluding carboxylic acids is 1. The van der Waals surface area contributed by atoms with E-state index in [9.17, 15) is 26.4 Å². The molecule has 0 aromatic heterocycles. The first-order valence-corrected chi connectivity index (χ1v) is 10.6. The van der Waals surface area contributed by atoms with Gasteiger partial charge in [0.1, 0.15) is 6.04 Å². The number of hydrogen-bond acceptors (Lipinski definition) is 4. The van der Waals surface area contributed by atoms with E-state index in [1.807, 2.05) is 0 Å². The van der Waals surface area contributed by atoms with Crippen molar-refractivity contribution in [3.8, 4) is 0 Å². The fourth-order valence-corrected chi connectivity index (χ4v) is 5.75. The lowest BCUT2D eigenvalue weighted by molar-refractivity contribution is -0.137. The fraction of sp³-hybridized carbons (Fsp3) is 0.533. The highest BCUT2D eigenvalue weighted by Gasteiger charge is 2.42. The number of sulfonamides is 1. The van der Waals surface area contributed by atoms with Crippen LogP contribution in [0.3, 0.4) is 0 Å². The minimum atomic E-state index is -4.78. The summed E-state index contributed by atoms with van der Waals surface area (Å²) < 4.78 is 65.8. The SMILES string of the molecule is CC(C)N(C)C(=O)C1CSCN1S(=O)(=O)c1ccc(Cl)c(C(F)(F)F)c1. The van der Waals surface area contributed by atoms with Gasteiger partial charge < -0.3 is 4.90 Å². The van der Waals surface area contributed by atoms with Crippen LogP contribution < -0.4 is 0 Å². The Morgan fingerprint density at radius 3 is 2.54 bits per heavy atom. The summed E-state index contributed by atoms with van der Waals surface area (Å²) in [4.78, 5) is 13.4. The zero-order valence-electron chi connectivity index (χ0n) is 14.2. The molecule has 1 unspecified atom stereocenters. The average Bonchev–Trinajstić information content (AvgIpc) is 3.02. The summed E-state index contributed by atoms with van der Waals surface area (Å²) in [7, 11) is -2.72. The molecule has 1 aliphatic rings. The number of benzene rings is 1. The lowest BCUT2D eigenvalue weighted by Gasteiger charge is -2.29. The molecule has 1 saturated heterocycles. The Bertz CT molecular complexity index is 800. The molecule has 1 amide bonds. The van der Waals surface area contributed by atoms with Gasteiger partial charge in [-0.25, -0.2) is 8.42 Å². The molecule has 146 valence electrons. The third-order valence-electron chi connectivity index (χ3n) is 4.10. The fourth-order valence-electron chi connectivity index (χ4n) is 2.37. The molecular weight excluding hydrogens is 413 g/mol. The van der Waals surface area contributed by atoms with Crippen LogP contribution >= 0.6 is 23.4 Å². The van der Waals surface area contributed by atoms with Crippen LogP contribution in [0.5, 0.6) is 0 Å². The lowest BCUT2D eigenvalue weighted by atomic mass is 10.2. The summed E-state index contributed by atoms with van der Waals surface area (Å²) >= 11 is 6.79. The van der Waals surface area contributed by atoms with Crippen molar-refractivity contribution in [1.29, 1.82) is 0 Å². The molecule has 1 aromatic rings. The highest BCUT2D eigenvalue weighted by Crippen LogP contribution is 2.37. The molecule has 1 aliphatic heterocycles. The van der Waals surface area contributed by atoms with E-state index in [2.05, 4.69) is 0 Å². The molecule has 0 saturated carbocycles. The predicted octanol–water partition coefficient (Wildman–Crippen LogP) is 3.29. The molecule has 2 rings (SSSR count). The third kappa shape index (κ3) is 4.13. The van der Waals surface area contributed by atoms with Crippen molar-refractivity contribution in [2.75, 3.05) is 18.7 Å². The lowest BCUT2D eigenvalue weighted by Crippen LogP contribution is -2.49. The predicted molar refractivity (Wildman–Crippen MR) is 94.5 cm³/mol. The molecule has 0 bridgehead atoms. The van der Waals surface area contributed by atoms with Gasteiger partial charge in [0, 0.05) is 18.8 Å². The van der Waals surface area contributed by atoms with Gasteiger partial charge in [-0.05, 0) is 32.0 Å². The molecule has 1 heterocycles. The van der Waals surface area contributed by atoms with Crippen molar-refractivity contribution in [2.45, 2.75) is 37.0 Å². The number of hydrogen-bond donors (Lipinski definition) is 0. The monoisotopic (exact) mass is 430 g/mol. The van der Waals surface area contributed by atoms with E-state index in [0.717, 1.165) is 16.4 Å². The van der Waals surface area contributed by atoms with Crippen LogP contribution in [-0.4, -0.2) is 54.3 Å². The Kier molecular flexibility index (Phi) is 6.21. The Hall–Kier alpha value is -0.970. The quantitative estimate of drug-likeness (QED) is 0.735. The smallest absolute Gasteiger partial charge is 0.342 e. The number of rotatable bonds is 4. The standard InChI is InChI=1S/C15H18ClF3N2O3S2/c1-9(2)20(3)14(22)13-7-25-8-21(13)26(23,24)10-4-5-12(16)11(6-10)15(17,18)19/h4-6,9,13H,7-8H2,1-3H3. The second-order valence-electron chi connectivity index (χ2n) is 6.09. The molecule has 1 atom stereocenters. The first-order valence-electron chi connectivity index (χ1n) is 7.60. The molecular formula is C15H18ClF3N2O3S2. The second kappa shape index (κ2) is 7.57. The van der Waals surface area contributed by atoms with E-state index in [-0.39, 0.29) is 17.7 Å². The topological polar surface area (TPSA) is 57.7 Å². The van der Waals surface area contributed by atoms with Crippen molar-refractivity contribution in [1.82, 2.24) is 9.21 Å². The Labute approximate surface area is 159 Å². The maximum atomic E-state index is 13.0. The van der Waals surface area contributed by atoms with Crippen molar-refractivity contribution < 1.29 is 26.4 Å². The molecule has 11 heteroatoms. The zero-order valence-corrected chi connectivity index (χ0v) is 16.6. The van der Waals surface area contributed by atoms with E-state index in [4.69, 9.17) is 11.6 Å². The molecule has 0 radical (unpaired) electrons. The van der Waals surface area contributed by atoms with Gasteiger partial charge in [-0.2, -0.15) is 17.5 Å². The van der Waals surface area contributed by atoms with Gasteiger partial charge in [0.25, 0.3) is 0 Å². The molecule has 0 aliphatic carbocycles. The number of alkyl halides is 3. The summed E-state index contributed by atoms with van der Waals surface area (Å²) in [5.41, 5.74) is -1.23. The van der Waals surface area contributed by atoms with Gasteiger partial charge >= 0.3 is 6.18 Å². The largest absolute Gasteiger partial charge is 0.417 e. The second-order valence-corrected chi connectivity index (χ2v) is 9.39. The molecule has 5 nitrogen and oxygen atoms in total. The van der Waals surface area contributed by atoms with E-state index < -0.39 is 43.6 Å². The van der Waals surface area contributed by atoms with Crippen LogP contribution in [0.25, 0.3) is 0 Å². The highest BCUT2D eigenvalue weighted by molar-refractivity contribution is 8.00. The maximum Gasteiger partial charge on any atom is 0.417 e. The van der Waals surface area contributed by atoms with Crippen LogP contribution in [0.2, 0.25) is 5.02 Å². The van der Waals surface area contributed by atoms with Gasteiger partial charge in [0.05, 0.1) is 21.4 Å². The Morgan fingerprint density at radius 2 is 2.00 bits per heavy atom. The number of thioether (sulfide) groups is 1. The first-order chi connectivity index (χ1) is 11.9. The molecule has 1 fully saturated rings. The summed E-state index contributed by atoms with van der Waals surface area (Å²) in [5.74, 6) is -0.151. The Balaban J connectivity index is 2.42. The number of halogens is 4. The number of amides is 1. The summed E-state index contributed by atoms with van der Waals surface area (Å²) in [6.45, 7) is 3.57. The molecule has 0 N–H and O–H groups in total. The molecule has 26 heavy (non-hydrogen) atoms. The van der Waals surface area contributed by atoms with Gasteiger partial charge in [-0.3, -0.25) is 4.79 Å². The van der Waals surface area contributed by atoms with Crippen LogP contribution in [0, 0.1) is 0 Å². The average molecular weight is 431 g/mol. The normalized spacial score (nSPS) is 19.2. The van der Waals surface area contributed by atoms with Crippen molar-refractivity contribution in [2.24, 2.45) is 0 Å². The maximum absolute atomic E-state index is 13.0. The first kappa shape index (κ1) is 21.3. The summed E-state index contributed by atoms with van der Waals surface area (Å²) in [6, 6.07) is 1.34. The van der Waals surface area contributed by atoms with Gasteiger partial charge in [0.15, 0.2) is 0 Å². The van der Waals surface area contributed by atoms with E-state index in [0.29, 0.717) is 6.07 Å². The number of carbonyl (C=O) groups is 1. The summed E-state index contributed by atoms with van der Waals surface area (Å²) in [5, 5.41) is -0.584. The van der Waals surface area contributed by atoms with E-state index in [1.165, 1.54) is 16.7 Å². The van der Waals surface area contributed by atoms with Gasteiger partial charge in [-0.1, -0.05) is 11.6 Å². The molecule has 1 aromatic carbocycles. The highest BCUT2D eigenvalue weighted by atomic mass is 35.5. The Morgan fingerprint density at radius 1 is 1.38 bits per heavy atom. The van der Waals surface area contributed by atoms with Crippen LogP contribution in [-0.2, 0) is 21.0 Å². The molecule has 0 spiro atoms. The minimum Gasteiger partial charge on any atom is -0.342 e. The minimum absolute atomic E-state index is 0.00530. The zero-order chi connectivity index (χ0) is 19.9. The van der Waals surface area contributed by atoms with Gasteiger partial charge in [0.2, 0.25) is 15.9 Å². The van der Waals surface area contributed by atoms with Crippen LogP contribution in [0.1, 0.15) is 19.4 Å². The third-order valence-corrected chi connectivity index (χ3v) is 7.45. The number of nitrogens with zero attached hydrogens (tertiary/aromatic N) is 2. The van der Waals surface area contributed by atoms with Crippen molar-refractivity contribution >= 4 is 39.3 Å². The number of likely N-dealkylation sites (N-methyl/N-ethyl adjacent to an activating group) is 1.